The van der Waals surface area contributed by atoms with Crippen LogP contribution in [-0.4, -0.2) is 19.0 Å². The van der Waals surface area contributed by atoms with Gasteiger partial charge in [-0.2, -0.15) is 12.1 Å². The van der Waals surface area contributed by atoms with Gasteiger partial charge in [-0.25, -0.2) is 6.07 Å². The van der Waals surface area contributed by atoms with Crippen molar-refractivity contribution >= 4 is 15.9 Å². The van der Waals surface area contributed by atoms with E-state index in [1.165, 1.54) is 10.0 Å². The Balaban J connectivity index is 0.000000360. The zero-order valence-corrected chi connectivity index (χ0v) is 13.1. The second kappa shape index (κ2) is 8.71. The molecule has 1 nitrogen and oxygen atoms in total. The standard InChI is InChI=1S/C9H13BrN.C5H5.Fe/c1-7(11(2)3)8-5-4-6-9(8)10;1-2-4-5-3-1;/h4-7H,1-3H3;1-5H;/q-1;-5;. The van der Waals surface area contributed by atoms with Crippen LogP contribution in [0.25, 0.3) is 0 Å². The minimum atomic E-state index is 0. The van der Waals surface area contributed by atoms with Gasteiger partial charge in [0.25, 0.3) is 0 Å². The summed E-state index contributed by atoms with van der Waals surface area (Å²) in [4.78, 5) is 2.19. The molecule has 0 saturated heterocycles. The summed E-state index contributed by atoms with van der Waals surface area (Å²) in [5.74, 6) is 0. The molecule has 0 aliphatic rings. The average molecular weight is 336 g/mol. The fourth-order valence-electron chi connectivity index (χ4n) is 1.35. The minimum Gasteiger partial charge on any atom is -0.748 e. The first-order valence-electron chi connectivity index (χ1n) is 5.37. The average Bonchev–Trinajstić information content (AvgIpc) is 2.89. The SMILES string of the molecule is CC([c-]1cccc1Br)N(C)C.[Fe].[cH-]1[cH-][cH-][cH-][cH-]1. The topological polar surface area (TPSA) is 3.24 Å². The number of hydrogen-bond donors (Lipinski definition) is 0. The first kappa shape index (κ1) is 16.7. The van der Waals surface area contributed by atoms with Crippen LogP contribution < -0.4 is 0 Å². The summed E-state index contributed by atoms with van der Waals surface area (Å²) in [7, 11) is 4.17. The van der Waals surface area contributed by atoms with E-state index in [1.807, 2.05) is 30.3 Å². The quantitative estimate of drug-likeness (QED) is 0.587. The van der Waals surface area contributed by atoms with Gasteiger partial charge in [0.15, 0.2) is 0 Å². The van der Waals surface area contributed by atoms with E-state index >= 15 is 0 Å². The third kappa shape index (κ3) is 5.69. The van der Waals surface area contributed by atoms with Gasteiger partial charge in [-0.3, -0.25) is 0 Å². The monoisotopic (exact) mass is 335 g/mol. The predicted octanol–water partition coefficient (Wildman–Crippen LogP) is 4.19. The molecule has 17 heavy (non-hydrogen) atoms. The van der Waals surface area contributed by atoms with E-state index < -0.39 is 0 Å². The van der Waals surface area contributed by atoms with Crippen molar-refractivity contribution in [2.45, 2.75) is 13.0 Å². The Hall–Kier alpha value is -0.341. The molecule has 3 heteroatoms. The van der Waals surface area contributed by atoms with Gasteiger partial charge in [-0.15, -0.1) is 5.56 Å². The molecule has 0 fully saturated rings. The van der Waals surface area contributed by atoms with Gasteiger partial charge in [0.05, 0.1) is 0 Å². The molecule has 2 aromatic carbocycles. The van der Waals surface area contributed by atoms with Crippen LogP contribution in [0, 0.1) is 0 Å². The van der Waals surface area contributed by atoms with Crippen molar-refractivity contribution in [3.63, 3.8) is 0 Å². The van der Waals surface area contributed by atoms with Crippen LogP contribution in [0.1, 0.15) is 18.5 Å². The molecule has 0 aliphatic heterocycles. The van der Waals surface area contributed by atoms with Crippen molar-refractivity contribution in [1.29, 1.82) is 0 Å². The molecule has 100 valence electrons. The van der Waals surface area contributed by atoms with Crippen LogP contribution in [0.2, 0.25) is 0 Å². The summed E-state index contributed by atoms with van der Waals surface area (Å²) in [6.45, 7) is 2.19. The van der Waals surface area contributed by atoms with Crippen molar-refractivity contribution in [3.8, 4) is 0 Å². The molecule has 0 saturated carbocycles. The summed E-state index contributed by atoms with van der Waals surface area (Å²) in [6.07, 6.45) is 0. The zero-order valence-electron chi connectivity index (χ0n) is 10.4. The number of hydrogen-bond acceptors (Lipinski definition) is 1. The van der Waals surface area contributed by atoms with E-state index in [1.54, 1.807) is 0 Å². The van der Waals surface area contributed by atoms with Crippen LogP contribution in [0.15, 0.2) is 53.0 Å². The maximum atomic E-state index is 3.51. The molecular formula is C14H18BrFeN-6. The number of halogens is 1. The van der Waals surface area contributed by atoms with Gasteiger partial charge >= 0.3 is 0 Å². The van der Waals surface area contributed by atoms with Gasteiger partial charge < -0.3 is 35.2 Å². The molecule has 0 N–H and O–H groups in total. The Morgan fingerprint density at radius 3 is 1.94 bits per heavy atom. The van der Waals surface area contributed by atoms with E-state index in [0.29, 0.717) is 6.04 Å². The van der Waals surface area contributed by atoms with Crippen LogP contribution in [0.4, 0.5) is 0 Å². The molecule has 0 aromatic heterocycles. The summed E-state index contributed by atoms with van der Waals surface area (Å²) < 4.78 is 1.21. The van der Waals surface area contributed by atoms with E-state index in [-0.39, 0.29) is 17.1 Å². The summed E-state index contributed by atoms with van der Waals surface area (Å²) in [5.41, 5.74) is 1.36. The molecule has 2 aromatic rings. The van der Waals surface area contributed by atoms with Gasteiger partial charge in [0.1, 0.15) is 0 Å². The van der Waals surface area contributed by atoms with Gasteiger partial charge in [-0.1, -0.05) is 27.3 Å². The number of rotatable bonds is 2. The third-order valence-corrected chi connectivity index (χ3v) is 3.30. The maximum Gasteiger partial charge on any atom is 0 e. The van der Waals surface area contributed by atoms with E-state index in [4.69, 9.17) is 0 Å². The molecule has 2 rings (SSSR count). The van der Waals surface area contributed by atoms with Crippen LogP contribution in [0.3, 0.4) is 0 Å². The van der Waals surface area contributed by atoms with Gasteiger partial charge in [0.2, 0.25) is 0 Å². The smallest absolute Gasteiger partial charge is 0 e. The van der Waals surface area contributed by atoms with Crippen molar-refractivity contribution < 1.29 is 17.1 Å². The fraction of sp³-hybridized carbons (Fsp3) is 0.286. The van der Waals surface area contributed by atoms with Crippen molar-refractivity contribution in [1.82, 2.24) is 4.90 Å². The Morgan fingerprint density at radius 1 is 1.18 bits per heavy atom. The second-order valence-corrected chi connectivity index (χ2v) is 4.79. The molecule has 0 heterocycles. The summed E-state index contributed by atoms with van der Waals surface area (Å²) in [6, 6.07) is 16.8. The second-order valence-electron chi connectivity index (χ2n) is 3.93. The fourth-order valence-corrected chi connectivity index (χ4v) is 1.97. The Labute approximate surface area is 123 Å². The van der Waals surface area contributed by atoms with E-state index in [9.17, 15) is 0 Å². The van der Waals surface area contributed by atoms with Gasteiger partial charge in [-0.05, 0) is 20.1 Å². The molecule has 0 aliphatic carbocycles. The minimum absolute atomic E-state index is 0. The third-order valence-electron chi connectivity index (χ3n) is 2.57. The molecular weight excluding hydrogens is 318 g/mol. The zero-order chi connectivity index (χ0) is 12.0. The van der Waals surface area contributed by atoms with Gasteiger partial charge in [0, 0.05) is 17.1 Å². The van der Waals surface area contributed by atoms with E-state index in [2.05, 4.69) is 60.0 Å². The molecule has 0 bridgehead atoms. The Morgan fingerprint density at radius 2 is 1.65 bits per heavy atom. The van der Waals surface area contributed by atoms with Crippen molar-refractivity contribution in [2.75, 3.05) is 14.1 Å². The van der Waals surface area contributed by atoms with Crippen LogP contribution in [-0.2, 0) is 17.1 Å². The largest absolute Gasteiger partial charge is 0.748 e. The van der Waals surface area contributed by atoms with E-state index in [0.717, 1.165) is 0 Å². The molecule has 0 radical (unpaired) electrons. The Kier molecular flexibility index (Phi) is 8.53. The van der Waals surface area contributed by atoms with Crippen molar-refractivity contribution in [2.24, 2.45) is 0 Å². The number of nitrogens with zero attached hydrogens (tertiary/aromatic N) is 1. The van der Waals surface area contributed by atoms with Crippen LogP contribution >= 0.6 is 15.9 Å². The summed E-state index contributed by atoms with van der Waals surface area (Å²) in [5, 5.41) is 0. The molecule has 1 atom stereocenters. The first-order chi connectivity index (χ1) is 7.63. The predicted molar refractivity (Wildman–Crippen MR) is 73.9 cm³/mol. The summed E-state index contributed by atoms with van der Waals surface area (Å²) >= 11 is 3.51. The maximum absolute atomic E-state index is 3.51. The molecule has 0 amide bonds. The van der Waals surface area contributed by atoms with Crippen molar-refractivity contribution in [3.05, 3.63) is 58.6 Å². The molecule has 0 spiro atoms. The molecule has 1 unspecified atom stereocenters. The Bertz CT molecular complexity index is 361. The normalized spacial score (nSPS) is 11.4. The first-order valence-corrected chi connectivity index (χ1v) is 6.16. The van der Waals surface area contributed by atoms with Crippen LogP contribution in [0.5, 0.6) is 0 Å².